The van der Waals surface area contributed by atoms with Crippen molar-refractivity contribution in [2.45, 2.75) is 0 Å². The minimum absolute atomic E-state index is 0.323. The second-order valence-electron chi connectivity index (χ2n) is 4.43. The molecule has 0 unspecified atom stereocenters. The average molecular weight is 316 g/mol. The number of nitrogens with zero attached hydrogens (tertiary/aromatic N) is 3. The van der Waals surface area contributed by atoms with Crippen molar-refractivity contribution in [1.82, 2.24) is 15.2 Å². The van der Waals surface area contributed by atoms with E-state index >= 15 is 0 Å². The van der Waals surface area contributed by atoms with Crippen molar-refractivity contribution in [3.05, 3.63) is 65.6 Å². The highest BCUT2D eigenvalue weighted by Gasteiger charge is 2.03. The number of hydrogen-bond acceptors (Lipinski definition) is 5. The molecule has 22 heavy (non-hydrogen) atoms. The zero-order valence-corrected chi connectivity index (χ0v) is 12.0. The van der Waals surface area contributed by atoms with Crippen LogP contribution in [0, 0.1) is 5.82 Å². The second kappa shape index (κ2) is 6.36. The van der Waals surface area contributed by atoms with Crippen molar-refractivity contribution in [2.24, 2.45) is 0 Å². The average Bonchev–Trinajstić information content (AvgIpc) is 2.50. The molecule has 2 N–H and O–H groups in total. The van der Waals surface area contributed by atoms with Crippen LogP contribution >= 0.6 is 11.6 Å². The van der Waals surface area contributed by atoms with E-state index in [0.29, 0.717) is 22.5 Å². The molecule has 0 aliphatic carbocycles. The first-order chi connectivity index (χ1) is 10.7. The van der Waals surface area contributed by atoms with Crippen LogP contribution in [0.5, 0.6) is 0 Å². The van der Waals surface area contributed by atoms with Gasteiger partial charge in [-0.2, -0.15) is 10.1 Å². The quantitative estimate of drug-likeness (QED) is 0.757. The fourth-order valence-corrected chi connectivity index (χ4v) is 1.92. The van der Waals surface area contributed by atoms with Crippen LogP contribution in [0.4, 0.5) is 27.5 Å². The van der Waals surface area contributed by atoms with Gasteiger partial charge in [0.25, 0.3) is 0 Å². The van der Waals surface area contributed by atoms with E-state index in [1.807, 2.05) is 0 Å². The van der Waals surface area contributed by atoms with E-state index in [0.717, 1.165) is 5.69 Å². The van der Waals surface area contributed by atoms with Crippen LogP contribution in [0.3, 0.4) is 0 Å². The van der Waals surface area contributed by atoms with Gasteiger partial charge in [-0.05, 0) is 42.5 Å². The van der Waals surface area contributed by atoms with Gasteiger partial charge in [0.2, 0.25) is 5.95 Å². The third-order valence-corrected chi connectivity index (χ3v) is 3.01. The van der Waals surface area contributed by atoms with Gasteiger partial charge in [-0.3, -0.25) is 0 Å². The maximum Gasteiger partial charge on any atom is 0.249 e. The van der Waals surface area contributed by atoms with Crippen LogP contribution in [0.1, 0.15) is 0 Å². The summed E-state index contributed by atoms with van der Waals surface area (Å²) >= 11 is 5.83. The van der Waals surface area contributed by atoms with E-state index in [9.17, 15) is 4.39 Å². The minimum atomic E-state index is -0.327. The Morgan fingerprint density at radius 2 is 1.77 bits per heavy atom. The number of rotatable bonds is 4. The largest absolute Gasteiger partial charge is 0.339 e. The molecule has 0 aliphatic heterocycles. The molecule has 0 saturated heterocycles. The van der Waals surface area contributed by atoms with Crippen molar-refractivity contribution in [2.75, 3.05) is 10.6 Å². The first-order valence-corrected chi connectivity index (χ1v) is 6.82. The molecule has 0 amide bonds. The summed E-state index contributed by atoms with van der Waals surface area (Å²) < 4.78 is 13.2. The van der Waals surface area contributed by atoms with E-state index in [1.54, 1.807) is 36.4 Å². The maximum absolute atomic E-state index is 13.2. The Morgan fingerprint density at radius 3 is 2.55 bits per heavy atom. The Labute approximate surface area is 131 Å². The van der Waals surface area contributed by atoms with Crippen molar-refractivity contribution in [3.63, 3.8) is 0 Å². The molecule has 7 heteroatoms. The molecule has 0 saturated carbocycles. The fraction of sp³-hybridized carbons (Fsp3) is 0. The lowest BCUT2D eigenvalue weighted by Gasteiger charge is -2.07. The van der Waals surface area contributed by atoms with Crippen LogP contribution < -0.4 is 10.6 Å². The predicted molar refractivity (Wildman–Crippen MR) is 84.2 cm³/mol. The summed E-state index contributed by atoms with van der Waals surface area (Å²) in [6.45, 7) is 0. The Kier molecular flexibility index (Phi) is 4.11. The molecule has 1 aromatic heterocycles. The number of nitrogens with one attached hydrogen (secondary N) is 2. The molecule has 0 spiro atoms. The third-order valence-electron chi connectivity index (χ3n) is 2.76. The van der Waals surface area contributed by atoms with E-state index in [-0.39, 0.29) is 5.82 Å². The maximum atomic E-state index is 13.2. The molecule has 110 valence electrons. The molecule has 1 heterocycles. The van der Waals surface area contributed by atoms with Gasteiger partial charge in [0.05, 0.1) is 6.20 Å². The number of aromatic nitrogens is 3. The molecule has 5 nitrogen and oxygen atoms in total. The highest BCUT2D eigenvalue weighted by molar-refractivity contribution is 6.30. The summed E-state index contributed by atoms with van der Waals surface area (Å²) in [7, 11) is 0. The van der Waals surface area contributed by atoms with Gasteiger partial charge < -0.3 is 10.6 Å². The van der Waals surface area contributed by atoms with Crippen LogP contribution in [-0.2, 0) is 0 Å². The molecule has 0 atom stereocenters. The molecular weight excluding hydrogens is 305 g/mol. The van der Waals surface area contributed by atoms with Gasteiger partial charge >= 0.3 is 0 Å². The van der Waals surface area contributed by atoms with Crippen molar-refractivity contribution >= 4 is 34.7 Å². The zero-order valence-electron chi connectivity index (χ0n) is 11.3. The van der Waals surface area contributed by atoms with Crippen molar-refractivity contribution < 1.29 is 4.39 Å². The topological polar surface area (TPSA) is 62.7 Å². The molecule has 0 bridgehead atoms. The SMILES string of the molecule is Fc1cccc(Nc2cnnc(Nc3ccc(Cl)cc3)n2)c1. The minimum Gasteiger partial charge on any atom is -0.339 e. The van der Waals surface area contributed by atoms with Crippen LogP contribution in [0.25, 0.3) is 0 Å². The van der Waals surface area contributed by atoms with Crippen molar-refractivity contribution in [3.8, 4) is 0 Å². The molecule has 3 rings (SSSR count). The number of benzene rings is 2. The summed E-state index contributed by atoms with van der Waals surface area (Å²) in [5.41, 5.74) is 1.37. The lowest BCUT2D eigenvalue weighted by molar-refractivity contribution is 0.628. The van der Waals surface area contributed by atoms with Gasteiger partial charge in [-0.25, -0.2) is 4.39 Å². The number of halogens is 2. The first-order valence-electron chi connectivity index (χ1n) is 6.44. The Hall–Kier alpha value is -2.73. The molecule has 0 aliphatic rings. The van der Waals surface area contributed by atoms with Crippen LogP contribution in [0.2, 0.25) is 5.02 Å². The summed E-state index contributed by atoms with van der Waals surface area (Å²) in [5.74, 6) is 0.451. The monoisotopic (exact) mass is 315 g/mol. The summed E-state index contributed by atoms with van der Waals surface area (Å²) in [5, 5.41) is 14.4. The molecular formula is C15H11ClFN5. The fourth-order valence-electron chi connectivity index (χ4n) is 1.79. The van der Waals surface area contributed by atoms with Gasteiger partial charge in [0, 0.05) is 16.4 Å². The van der Waals surface area contributed by atoms with E-state index < -0.39 is 0 Å². The van der Waals surface area contributed by atoms with E-state index in [1.165, 1.54) is 18.3 Å². The first kappa shape index (κ1) is 14.2. The molecule has 0 fully saturated rings. The zero-order chi connectivity index (χ0) is 15.4. The smallest absolute Gasteiger partial charge is 0.249 e. The highest BCUT2D eigenvalue weighted by atomic mass is 35.5. The normalized spacial score (nSPS) is 10.3. The molecule has 2 aromatic carbocycles. The number of anilines is 4. The highest BCUT2D eigenvalue weighted by Crippen LogP contribution is 2.18. The predicted octanol–water partition coefficient (Wildman–Crippen LogP) is 4.15. The van der Waals surface area contributed by atoms with Gasteiger partial charge in [0.15, 0.2) is 5.82 Å². The van der Waals surface area contributed by atoms with E-state index in [4.69, 9.17) is 11.6 Å². The lowest BCUT2D eigenvalue weighted by Crippen LogP contribution is -2.02. The van der Waals surface area contributed by atoms with Crippen LogP contribution in [-0.4, -0.2) is 15.2 Å². The molecule has 3 aromatic rings. The lowest BCUT2D eigenvalue weighted by atomic mass is 10.3. The Bertz CT molecular complexity index is 779. The van der Waals surface area contributed by atoms with Crippen molar-refractivity contribution in [1.29, 1.82) is 0 Å². The Morgan fingerprint density at radius 1 is 0.955 bits per heavy atom. The number of hydrogen-bond donors (Lipinski definition) is 2. The Balaban J connectivity index is 1.76. The van der Waals surface area contributed by atoms with Gasteiger partial charge in [0.1, 0.15) is 5.82 Å². The summed E-state index contributed by atoms with van der Waals surface area (Å²) in [4.78, 5) is 4.26. The van der Waals surface area contributed by atoms with E-state index in [2.05, 4.69) is 25.8 Å². The van der Waals surface area contributed by atoms with Gasteiger partial charge in [-0.15, -0.1) is 5.10 Å². The summed E-state index contributed by atoms with van der Waals surface area (Å²) in [6.07, 6.45) is 1.46. The standard InChI is InChI=1S/C15H11ClFN5/c16-10-4-6-12(7-5-10)20-15-21-14(9-18-22-15)19-13-3-1-2-11(17)8-13/h1-9H,(H2,19,20,21,22). The van der Waals surface area contributed by atoms with Gasteiger partial charge in [-0.1, -0.05) is 17.7 Å². The second-order valence-corrected chi connectivity index (χ2v) is 4.87. The third kappa shape index (κ3) is 3.67. The summed E-state index contributed by atoms with van der Waals surface area (Å²) in [6, 6.07) is 13.2. The molecule has 0 radical (unpaired) electrons. The van der Waals surface area contributed by atoms with Crippen LogP contribution in [0.15, 0.2) is 54.7 Å².